The maximum Gasteiger partial charge on any atom is 0.123 e. The van der Waals surface area contributed by atoms with Crippen molar-refractivity contribution in [3.05, 3.63) is 71.3 Å². The second-order valence-corrected chi connectivity index (χ2v) is 5.04. The fraction of sp³-hybridized carbons (Fsp3) is 0.250. The van der Waals surface area contributed by atoms with Crippen molar-refractivity contribution in [2.45, 2.75) is 18.4 Å². The molecule has 2 aromatic carbocycles. The van der Waals surface area contributed by atoms with Gasteiger partial charge in [-0.3, -0.25) is 0 Å². The maximum absolute atomic E-state index is 13.0. The molecule has 106 valence electrons. The van der Waals surface area contributed by atoms with E-state index >= 15 is 0 Å². The van der Waals surface area contributed by atoms with Crippen LogP contribution in [0.1, 0.15) is 24.0 Å². The lowest BCUT2D eigenvalue weighted by Crippen LogP contribution is -2.27. The SMILES string of the molecule is OC(CCCCl)(c1ccc(F)cc1)c1ccc(F)cc1. The molecule has 0 saturated heterocycles. The summed E-state index contributed by atoms with van der Waals surface area (Å²) in [5, 5.41) is 11.0. The Morgan fingerprint density at radius 2 is 1.25 bits per heavy atom. The Balaban J connectivity index is 2.43. The van der Waals surface area contributed by atoms with Gasteiger partial charge in [-0.2, -0.15) is 0 Å². The van der Waals surface area contributed by atoms with Gasteiger partial charge in [-0.15, -0.1) is 11.6 Å². The van der Waals surface area contributed by atoms with Crippen LogP contribution in [-0.2, 0) is 5.60 Å². The van der Waals surface area contributed by atoms with Gasteiger partial charge in [0, 0.05) is 5.88 Å². The molecular weight excluding hydrogens is 282 g/mol. The van der Waals surface area contributed by atoms with Gasteiger partial charge in [-0.25, -0.2) is 8.78 Å². The van der Waals surface area contributed by atoms with Crippen molar-refractivity contribution >= 4 is 11.6 Å². The van der Waals surface area contributed by atoms with Crippen molar-refractivity contribution in [3.63, 3.8) is 0 Å². The molecule has 1 nitrogen and oxygen atoms in total. The van der Waals surface area contributed by atoms with E-state index in [4.69, 9.17) is 11.6 Å². The minimum atomic E-state index is -1.30. The highest BCUT2D eigenvalue weighted by Gasteiger charge is 2.30. The summed E-state index contributed by atoms with van der Waals surface area (Å²) < 4.78 is 26.1. The molecule has 0 fully saturated rings. The van der Waals surface area contributed by atoms with Gasteiger partial charge >= 0.3 is 0 Å². The van der Waals surface area contributed by atoms with E-state index in [1.807, 2.05) is 0 Å². The van der Waals surface area contributed by atoms with Crippen LogP contribution in [-0.4, -0.2) is 11.0 Å². The molecule has 0 aromatic heterocycles. The molecule has 0 heterocycles. The van der Waals surface area contributed by atoms with Gasteiger partial charge in [0.15, 0.2) is 0 Å². The molecule has 0 atom stereocenters. The Hall–Kier alpha value is -1.45. The average molecular weight is 297 g/mol. The smallest absolute Gasteiger partial charge is 0.123 e. The number of halogens is 3. The van der Waals surface area contributed by atoms with Gasteiger partial charge in [0.1, 0.15) is 17.2 Å². The summed E-state index contributed by atoms with van der Waals surface area (Å²) >= 11 is 5.70. The largest absolute Gasteiger partial charge is 0.380 e. The molecule has 0 unspecified atom stereocenters. The zero-order valence-corrected chi connectivity index (χ0v) is 11.6. The van der Waals surface area contributed by atoms with Gasteiger partial charge in [0.25, 0.3) is 0 Å². The Bertz CT molecular complexity index is 506. The number of hydrogen-bond donors (Lipinski definition) is 1. The monoisotopic (exact) mass is 296 g/mol. The quantitative estimate of drug-likeness (QED) is 0.819. The summed E-state index contributed by atoms with van der Waals surface area (Å²) in [5.41, 5.74) is -0.165. The first kappa shape index (κ1) is 14.9. The first-order valence-electron chi connectivity index (χ1n) is 6.37. The second-order valence-electron chi connectivity index (χ2n) is 4.67. The Labute approximate surface area is 121 Å². The highest BCUT2D eigenvalue weighted by Crippen LogP contribution is 2.34. The summed E-state index contributed by atoms with van der Waals surface area (Å²) in [6.45, 7) is 0. The van der Waals surface area contributed by atoms with Gasteiger partial charge < -0.3 is 5.11 Å². The molecule has 2 aromatic rings. The van der Waals surface area contributed by atoms with Crippen molar-refractivity contribution in [1.29, 1.82) is 0 Å². The molecule has 20 heavy (non-hydrogen) atoms. The molecule has 0 bridgehead atoms. The van der Waals surface area contributed by atoms with E-state index in [9.17, 15) is 13.9 Å². The molecule has 0 saturated carbocycles. The lowest BCUT2D eigenvalue weighted by molar-refractivity contribution is 0.0703. The normalized spacial score (nSPS) is 11.6. The zero-order chi connectivity index (χ0) is 14.6. The average Bonchev–Trinajstić information content (AvgIpc) is 2.46. The van der Waals surface area contributed by atoms with E-state index in [0.29, 0.717) is 29.8 Å². The number of rotatable bonds is 5. The number of benzene rings is 2. The molecule has 0 radical (unpaired) electrons. The van der Waals surface area contributed by atoms with Gasteiger partial charge in [0.2, 0.25) is 0 Å². The Kier molecular flexibility index (Phi) is 4.73. The molecule has 0 aliphatic rings. The Morgan fingerprint density at radius 1 is 0.850 bits per heavy atom. The van der Waals surface area contributed by atoms with E-state index in [-0.39, 0.29) is 11.6 Å². The summed E-state index contributed by atoms with van der Waals surface area (Å²) in [4.78, 5) is 0. The molecule has 2 rings (SSSR count). The molecule has 0 aliphatic carbocycles. The highest BCUT2D eigenvalue weighted by atomic mass is 35.5. The van der Waals surface area contributed by atoms with Crippen LogP contribution in [0.25, 0.3) is 0 Å². The summed E-state index contributed by atoms with van der Waals surface area (Å²) in [5.74, 6) is -0.329. The van der Waals surface area contributed by atoms with Gasteiger partial charge in [-0.05, 0) is 48.2 Å². The molecule has 0 aliphatic heterocycles. The van der Waals surface area contributed by atoms with Crippen molar-refractivity contribution < 1.29 is 13.9 Å². The predicted octanol–water partition coefficient (Wildman–Crippen LogP) is 4.22. The van der Waals surface area contributed by atoms with Crippen molar-refractivity contribution in [3.8, 4) is 0 Å². The summed E-state index contributed by atoms with van der Waals surface area (Å²) in [6, 6.07) is 11.3. The topological polar surface area (TPSA) is 20.2 Å². The zero-order valence-electron chi connectivity index (χ0n) is 10.8. The predicted molar refractivity (Wildman–Crippen MR) is 75.8 cm³/mol. The molecule has 0 spiro atoms. The molecule has 1 N–H and O–H groups in total. The maximum atomic E-state index is 13.0. The second kappa shape index (κ2) is 6.33. The minimum absolute atomic E-state index is 0.368. The van der Waals surface area contributed by atoms with Crippen LogP contribution >= 0.6 is 11.6 Å². The van der Waals surface area contributed by atoms with Crippen LogP contribution < -0.4 is 0 Å². The standard InChI is InChI=1S/C16H15ClF2O/c17-11-1-10-16(20,12-2-6-14(18)7-3-12)13-4-8-15(19)9-5-13/h2-9,20H,1,10-11H2. The Morgan fingerprint density at radius 3 is 1.60 bits per heavy atom. The van der Waals surface area contributed by atoms with E-state index in [1.165, 1.54) is 48.5 Å². The van der Waals surface area contributed by atoms with Crippen LogP contribution in [0, 0.1) is 11.6 Å². The van der Waals surface area contributed by atoms with Gasteiger partial charge in [0.05, 0.1) is 0 Å². The lowest BCUT2D eigenvalue weighted by Gasteiger charge is -2.29. The summed E-state index contributed by atoms with van der Waals surface area (Å²) in [6.07, 6.45) is 0.973. The third kappa shape index (κ3) is 3.17. The molecule has 4 heteroatoms. The van der Waals surface area contributed by atoms with Crippen LogP contribution in [0.2, 0.25) is 0 Å². The van der Waals surface area contributed by atoms with E-state index in [2.05, 4.69) is 0 Å². The van der Waals surface area contributed by atoms with Gasteiger partial charge in [-0.1, -0.05) is 24.3 Å². The highest BCUT2D eigenvalue weighted by molar-refractivity contribution is 6.17. The fourth-order valence-electron chi connectivity index (χ4n) is 2.23. The number of alkyl halides is 1. The molecule has 0 amide bonds. The summed E-state index contributed by atoms with van der Waals surface area (Å²) in [7, 11) is 0. The first-order chi connectivity index (χ1) is 9.56. The number of hydrogen-bond acceptors (Lipinski definition) is 1. The first-order valence-corrected chi connectivity index (χ1v) is 6.90. The third-order valence-corrected chi connectivity index (χ3v) is 3.58. The minimum Gasteiger partial charge on any atom is -0.380 e. The molecular formula is C16H15ClF2O. The third-order valence-electron chi connectivity index (χ3n) is 3.32. The van der Waals surface area contributed by atoms with E-state index < -0.39 is 5.60 Å². The van der Waals surface area contributed by atoms with Crippen LogP contribution in [0.5, 0.6) is 0 Å². The van der Waals surface area contributed by atoms with Crippen molar-refractivity contribution in [2.24, 2.45) is 0 Å². The van der Waals surface area contributed by atoms with Crippen molar-refractivity contribution in [1.82, 2.24) is 0 Å². The van der Waals surface area contributed by atoms with Crippen LogP contribution in [0.15, 0.2) is 48.5 Å². The fourth-order valence-corrected chi connectivity index (χ4v) is 2.36. The lowest BCUT2D eigenvalue weighted by atomic mass is 9.83. The van der Waals surface area contributed by atoms with E-state index in [0.717, 1.165) is 0 Å². The van der Waals surface area contributed by atoms with Crippen molar-refractivity contribution in [2.75, 3.05) is 5.88 Å². The number of aliphatic hydroxyl groups is 1. The van der Waals surface area contributed by atoms with Crippen LogP contribution in [0.3, 0.4) is 0 Å². The van der Waals surface area contributed by atoms with Crippen LogP contribution in [0.4, 0.5) is 8.78 Å². The van der Waals surface area contributed by atoms with E-state index in [1.54, 1.807) is 0 Å².